The first-order chi connectivity index (χ1) is 11.6. The van der Waals surface area contributed by atoms with Gasteiger partial charge in [0.05, 0.1) is 7.11 Å². The minimum atomic E-state index is -0.913. The predicted octanol–water partition coefficient (Wildman–Crippen LogP) is 2.84. The highest BCUT2D eigenvalue weighted by Gasteiger charge is 2.22. The Kier molecular flexibility index (Phi) is 6.31. The maximum Gasteiger partial charge on any atom is 0.408 e. The summed E-state index contributed by atoms with van der Waals surface area (Å²) in [5.74, 6) is -0.973. The number of benzene rings is 2. The molecular formula is C18H18FNO4. The Balaban J connectivity index is 1.93. The van der Waals surface area contributed by atoms with Crippen LogP contribution in [0.2, 0.25) is 0 Å². The zero-order valence-corrected chi connectivity index (χ0v) is 13.2. The summed E-state index contributed by atoms with van der Waals surface area (Å²) >= 11 is 0. The van der Waals surface area contributed by atoms with Crippen molar-refractivity contribution in [3.8, 4) is 0 Å². The van der Waals surface area contributed by atoms with Crippen molar-refractivity contribution < 1.29 is 23.5 Å². The Morgan fingerprint density at radius 3 is 2.33 bits per heavy atom. The number of hydrogen-bond donors (Lipinski definition) is 1. The second-order valence-corrected chi connectivity index (χ2v) is 5.11. The van der Waals surface area contributed by atoms with Crippen LogP contribution in [0, 0.1) is 5.82 Å². The van der Waals surface area contributed by atoms with Crippen molar-refractivity contribution in [2.24, 2.45) is 0 Å². The predicted molar refractivity (Wildman–Crippen MR) is 85.7 cm³/mol. The fourth-order valence-electron chi connectivity index (χ4n) is 2.10. The molecule has 24 heavy (non-hydrogen) atoms. The number of esters is 1. The number of halogens is 1. The van der Waals surface area contributed by atoms with E-state index in [-0.39, 0.29) is 18.8 Å². The molecule has 0 heterocycles. The summed E-state index contributed by atoms with van der Waals surface area (Å²) in [4.78, 5) is 23.7. The van der Waals surface area contributed by atoms with Gasteiger partial charge in [-0.2, -0.15) is 0 Å². The zero-order valence-electron chi connectivity index (χ0n) is 13.2. The fraction of sp³-hybridized carbons (Fsp3) is 0.222. The van der Waals surface area contributed by atoms with Gasteiger partial charge in [0.25, 0.3) is 0 Å². The highest BCUT2D eigenvalue weighted by molar-refractivity contribution is 5.81. The average molecular weight is 331 g/mol. The number of methoxy groups -OCH3 is 1. The van der Waals surface area contributed by atoms with Crippen molar-refractivity contribution in [1.29, 1.82) is 0 Å². The Morgan fingerprint density at radius 1 is 1.04 bits per heavy atom. The molecule has 0 aromatic heterocycles. The van der Waals surface area contributed by atoms with Gasteiger partial charge in [-0.05, 0) is 23.3 Å². The molecule has 1 N–H and O–H groups in total. The van der Waals surface area contributed by atoms with E-state index in [1.807, 2.05) is 30.3 Å². The lowest BCUT2D eigenvalue weighted by atomic mass is 10.1. The lowest BCUT2D eigenvalue weighted by Crippen LogP contribution is -2.43. The monoisotopic (exact) mass is 331 g/mol. The van der Waals surface area contributed by atoms with Crippen LogP contribution in [0.25, 0.3) is 0 Å². The third-order valence-corrected chi connectivity index (χ3v) is 3.34. The Hall–Kier alpha value is -2.89. The molecule has 0 bridgehead atoms. The molecule has 1 atom stereocenters. The Bertz CT molecular complexity index is 673. The van der Waals surface area contributed by atoms with Gasteiger partial charge in [-0.15, -0.1) is 0 Å². The van der Waals surface area contributed by atoms with Gasteiger partial charge in [-0.25, -0.2) is 14.0 Å². The van der Waals surface area contributed by atoms with Crippen LogP contribution in [-0.2, 0) is 27.3 Å². The van der Waals surface area contributed by atoms with E-state index < -0.39 is 18.1 Å². The van der Waals surface area contributed by atoms with Gasteiger partial charge in [0.2, 0.25) is 0 Å². The molecule has 5 nitrogen and oxygen atoms in total. The lowest BCUT2D eigenvalue weighted by molar-refractivity contribution is -0.143. The van der Waals surface area contributed by atoms with Crippen LogP contribution in [0.1, 0.15) is 11.1 Å². The number of alkyl carbamates (subject to hydrolysis) is 1. The second-order valence-electron chi connectivity index (χ2n) is 5.11. The third-order valence-electron chi connectivity index (χ3n) is 3.34. The lowest BCUT2D eigenvalue weighted by Gasteiger charge is -2.16. The van der Waals surface area contributed by atoms with Crippen molar-refractivity contribution in [1.82, 2.24) is 5.32 Å². The summed E-state index contributed by atoms with van der Waals surface area (Å²) in [6.45, 7) is 0.0944. The quantitative estimate of drug-likeness (QED) is 0.827. The van der Waals surface area contributed by atoms with Crippen LogP contribution in [0.3, 0.4) is 0 Å². The molecule has 0 saturated heterocycles. The highest BCUT2D eigenvalue weighted by Crippen LogP contribution is 2.08. The first kappa shape index (κ1) is 17.5. The Morgan fingerprint density at radius 2 is 1.71 bits per heavy atom. The largest absolute Gasteiger partial charge is 0.467 e. The van der Waals surface area contributed by atoms with E-state index in [0.717, 1.165) is 5.56 Å². The molecule has 6 heteroatoms. The summed E-state index contributed by atoms with van der Waals surface area (Å²) in [5, 5.41) is 2.47. The second kappa shape index (κ2) is 8.67. The van der Waals surface area contributed by atoms with Crippen LogP contribution < -0.4 is 5.32 Å². The first-order valence-corrected chi connectivity index (χ1v) is 7.38. The van der Waals surface area contributed by atoms with Gasteiger partial charge < -0.3 is 14.8 Å². The molecule has 2 rings (SSSR count). The standard InChI is InChI=1S/C18H18FNO4/c1-23-17(21)16(11-13-7-9-15(19)10-8-13)20-18(22)24-12-14-5-3-2-4-6-14/h2-10,16H,11-12H2,1H3,(H,20,22)/t16-/m0/s1. The zero-order chi connectivity index (χ0) is 17.4. The number of rotatable bonds is 6. The summed E-state index contributed by atoms with van der Waals surface area (Å²) < 4.78 is 22.7. The van der Waals surface area contributed by atoms with Gasteiger partial charge >= 0.3 is 12.1 Å². The minimum absolute atomic E-state index is 0.0944. The van der Waals surface area contributed by atoms with Crippen LogP contribution in [0.4, 0.5) is 9.18 Å². The summed E-state index contributed by atoms with van der Waals surface area (Å²) in [6.07, 6.45) is -0.552. The molecule has 0 saturated carbocycles. The maximum atomic E-state index is 12.9. The normalized spacial score (nSPS) is 11.4. The van der Waals surface area contributed by atoms with Crippen molar-refractivity contribution >= 4 is 12.1 Å². The molecule has 0 aliphatic heterocycles. The van der Waals surface area contributed by atoms with E-state index in [9.17, 15) is 14.0 Å². The number of ether oxygens (including phenoxy) is 2. The smallest absolute Gasteiger partial charge is 0.408 e. The van der Waals surface area contributed by atoms with Gasteiger partial charge in [0, 0.05) is 6.42 Å². The van der Waals surface area contributed by atoms with E-state index >= 15 is 0 Å². The number of hydrogen-bond acceptors (Lipinski definition) is 4. The fourth-order valence-corrected chi connectivity index (χ4v) is 2.10. The minimum Gasteiger partial charge on any atom is -0.467 e. The molecule has 0 fully saturated rings. The molecular weight excluding hydrogens is 313 g/mol. The van der Waals surface area contributed by atoms with E-state index in [2.05, 4.69) is 10.1 Å². The van der Waals surface area contributed by atoms with Crippen molar-refractivity contribution in [2.45, 2.75) is 19.1 Å². The number of nitrogens with one attached hydrogen (secondary N) is 1. The average Bonchev–Trinajstić information content (AvgIpc) is 2.61. The summed E-state index contributed by atoms with van der Waals surface area (Å²) in [6, 6.07) is 13.9. The van der Waals surface area contributed by atoms with E-state index in [4.69, 9.17) is 4.74 Å². The van der Waals surface area contributed by atoms with Gasteiger partial charge in [-0.1, -0.05) is 42.5 Å². The summed E-state index contributed by atoms with van der Waals surface area (Å²) in [5.41, 5.74) is 1.52. The molecule has 0 radical (unpaired) electrons. The number of amides is 1. The number of carbonyl (C=O) groups excluding carboxylic acids is 2. The molecule has 2 aromatic carbocycles. The van der Waals surface area contributed by atoms with Crippen molar-refractivity contribution in [3.63, 3.8) is 0 Å². The molecule has 0 aliphatic rings. The van der Waals surface area contributed by atoms with Crippen LogP contribution >= 0.6 is 0 Å². The van der Waals surface area contributed by atoms with Gasteiger partial charge in [0.15, 0.2) is 0 Å². The van der Waals surface area contributed by atoms with E-state index in [1.54, 1.807) is 12.1 Å². The maximum absolute atomic E-state index is 12.9. The van der Waals surface area contributed by atoms with Crippen LogP contribution in [-0.4, -0.2) is 25.2 Å². The van der Waals surface area contributed by atoms with Crippen molar-refractivity contribution in [3.05, 3.63) is 71.5 Å². The van der Waals surface area contributed by atoms with Crippen molar-refractivity contribution in [2.75, 3.05) is 7.11 Å². The molecule has 1 amide bonds. The molecule has 2 aromatic rings. The van der Waals surface area contributed by atoms with E-state index in [1.165, 1.54) is 19.2 Å². The molecule has 0 aliphatic carbocycles. The topological polar surface area (TPSA) is 64.6 Å². The summed E-state index contributed by atoms with van der Waals surface area (Å²) in [7, 11) is 1.23. The molecule has 0 spiro atoms. The molecule has 126 valence electrons. The third kappa shape index (κ3) is 5.39. The van der Waals surface area contributed by atoms with E-state index in [0.29, 0.717) is 5.56 Å². The SMILES string of the molecule is COC(=O)[C@H](Cc1ccc(F)cc1)NC(=O)OCc1ccccc1. The first-order valence-electron chi connectivity index (χ1n) is 7.38. The van der Waals surface area contributed by atoms with Gasteiger partial charge in [-0.3, -0.25) is 0 Å². The molecule has 0 unspecified atom stereocenters. The highest BCUT2D eigenvalue weighted by atomic mass is 19.1. The number of carbonyl (C=O) groups is 2. The van der Waals surface area contributed by atoms with Crippen LogP contribution in [0.5, 0.6) is 0 Å². The Labute approximate surface area is 139 Å². The van der Waals surface area contributed by atoms with Crippen LogP contribution in [0.15, 0.2) is 54.6 Å². The van der Waals surface area contributed by atoms with Gasteiger partial charge in [0.1, 0.15) is 18.5 Å².